The first-order valence-corrected chi connectivity index (χ1v) is 7.71. The van der Waals surface area contributed by atoms with Crippen LogP contribution in [0, 0.1) is 0 Å². The molecule has 8 nitrogen and oxygen atoms in total. The number of carboxylic acid groups (broad SMARTS) is 1. The van der Waals surface area contributed by atoms with E-state index in [2.05, 4.69) is 20.3 Å². The largest absolute Gasteiger partial charge is 0.477 e. The topological polar surface area (TPSA) is 98.7 Å². The first kappa shape index (κ1) is 17.4. The average molecular weight is 387 g/mol. The summed E-state index contributed by atoms with van der Waals surface area (Å²) in [7, 11) is 1.37. The lowest BCUT2D eigenvalue weighted by atomic mass is 10.3. The highest BCUT2D eigenvalue weighted by molar-refractivity contribution is 7.17. The maximum absolute atomic E-state index is 13.2. The van der Waals surface area contributed by atoms with Crippen LogP contribution in [0.4, 0.5) is 8.78 Å². The molecule has 0 radical (unpaired) electrons. The summed E-state index contributed by atoms with van der Waals surface area (Å²) >= 11 is 6.03. The van der Waals surface area contributed by atoms with Crippen molar-refractivity contribution in [3.8, 4) is 5.82 Å². The van der Waals surface area contributed by atoms with Gasteiger partial charge in [-0.2, -0.15) is 28.9 Å². The number of carboxylic acids is 1. The lowest BCUT2D eigenvalue weighted by Crippen LogP contribution is -2.10. The van der Waals surface area contributed by atoms with E-state index in [0.717, 1.165) is 15.7 Å². The average Bonchev–Trinajstić information content (AvgIpc) is 3.15. The number of nitrogens with zero attached hydrogens (tertiary/aromatic N) is 6. The van der Waals surface area contributed by atoms with Gasteiger partial charge in [0.05, 0.1) is 16.9 Å². The number of pyridine rings is 1. The summed E-state index contributed by atoms with van der Waals surface area (Å²) in [5.41, 5.74) is -3.67. The van der Waals surface area contributed by atoms with Crippen molar-refractivity contribution in [2.75, 3.05) is 0 Å². The van der Waals surface area contributed by atoms with E-state index in [0.29, 0.717) is 0 Å². The maximum atomic E-state index is 13.2. The van der Waals surface area contributed by atoms with Crippen LogP contribution in [0.1, 0.15) is 21.9 Å². The molecular weight excluding hydrogens is 377 g/mol. The Hall–Kier alpha value is -2.45. The molecule has 1 N–H and O–H groups in total. The third kappa shape index (κ3) is 3.64. The number of aromatic carboxylic acids is 1. The molecule has 3 heterocycles. The Labute approximate surface area is 146 Å². The molecule has 12 heteroatoms. The molecule has 0 aromatic carbocycles. The van der Waals surface area contributed by atoms with E-state index in [1.165, 1.54) is 21.5 Å². The summed E-state index contributed by atoms with van der Waals surface area (Å²) < 4.78 is 27.4. The third-order valence-corrected chi connectivity index (χ3v) is 3.69. The van der Waals surface area contributed by atoms with Crippen molar-refractivity contribution >= 4 is 26.8 Å². The second kappa shape index (κ2) is 6.45. The summed E-state index contributed by atoms with van der Waals surface area (Å²) in [4.78, 5) is 16.4. The van der Waals surface area contributed by atoms with Gasteiger partial charge in [0.1, 0.15) is 6.54 Å². The van der Waals surface area contributed by atoms with Crippen LogP contribution in [0.5, 0.6) is 0 Å². The van der Waals surface area contributed by atoms with Gasteiger partial charge < -0.3 is 5.11 Å². The monoisotopic (exact) mass is 386 g/mol. The number of aromatic nitrogens is 6. The maximum Gasteiger partial charge on any atom is 0.354 e. The Morgan fingerprint density at radius 1 is 1.40 bits per heavy atom. The van der Waals surface area contributed by atoms with Crippen LogP contribution >= 0.6 is 20.8 Å². The smallest absolute Gasteiger partial charge is 0.354 e. The molecule has 3 aromatic heterocycles. The first-order chi connectivity index (χ1) is 11.8. The number of hydrogen-bond acceptors (Lipinski definition) is 5. The zero-order valence-electron chi connectivity index (χ0n) is 12.3. The Kier molecular flexibility index (Phi) is 4.49. The number of alkyl halides is 2. The molecule has 0 saturated heterocycles. The van der Waals surface area contributed by atoms with Gasteiger partial charge in [0.2, 0.25) is 0 Å². The Bertz CT molecular complexity index is 939. The van der Waals surface area contributed by atoms with Crippen LogP contribution in [0.15, 0.2) is 30.6 Å². The molecule has 0 aliphatic carbocycles. The molecule has 3 aromatic rings. The van der Waals surface area contributed by atoms with Crippen LogP contribution in [0.25, 0.3) is 5.82 Å². The van der Waals surface area contributed by atoms with Gasteiger partial charge in [-0.3, -0.25) is 0 Å². The minimum Gasteiger partial charge on any atom is -0.477 e. The molecule has 25 heavy (non-hydrogen) atoms. The normalized spacial score (nSPS) is 11.7. The van der Waals surface area contributed by atoms with Gasteiger partial charge in [-0.15, -0.1) is 0 Å². The zero-order chi connectivity index (χ0) is 18.2. The van der Waals surface area contributed by atoms with Crippen molar-refractivity contribution < 1.29 is 18.7 Å². The lowest BCUT2D eigenvalue weighted by Gasteiger charge is -2.05. The van der Waals surface area contributed by atoms with E-state index in [9.17, 15) is 18.7 Å². The first-order valence-electron chi connectivity index (χ1n) is 6.76. The predicted molar refractivity (Wildman–Crippen MR) is 86.1 cm³/mol. The standard InChI is InChI=1S/C13H10ClF2N6O2P/c14-8-2-1-3-17-11(8)22-9(12(23)24)4-7(19-22)6-21-18-5-10(20-21)13(15,16)25/h1-5H,6,25H2,(H,23,24). The Morgan fingerprint density at radius 3 is 2.76 bits per heavy atom. The molecule has 0 fully saturated rings. The molecular formula is C13H10ClF2N6O2P. The Morgan fingerprint density at radius 2 is 2.16 bits per heavy atom. The molecule has 0 aliphatic rings. The predicted octanol–water partition coefficient (Wildman–Crippen LogP) is 2.18. The van der Waals surface area contributed by atoms with Gasteiger partial charge in [0, 0.05) is 6.20 Å². The van der Waals surface area contributed by atoms with E-state index in [1.807, 2.05) is 0 Å². The molecule has 0 aliphatic heterocycles. The fourth-order valence-corrected chi connectivity index (χ4v) is 2.36. The summed E-state index contributed by atoms with van der Waals surface area (Å²) in [6, 6.07) is 4.41. The van der Waals surface area contributed by atoms with Gasteiger partial charge in [-0.05, 0) is 18.2 Å². The van der Waals surface area contributed by atoms with E-state index in [1.54, 1.807) is 12.1 Å². The van der Waals surface area contributed by atoms with Crippen molar-refractivity contribution in [1.29, 1.82) is 0 Å². The van der Waals surface area contributed by atoms with Gasteiger partial charge in [0.15, 0.2) is 17.2 Å². The fourth-order valence-electron chi connectivity index (χ4n) is 2.03. The van der Waals surface area contributed by atoms with Crippen LogP contribution in [-0.4, -0.2) is 40.8 Å². The molecule has 3 rings (SSSR count). The van der Waals surface area contributed by atoms with Crippen molar-refractivity contribution in [2.45, 2.75) is 12.2 Å². The number of rotatable bonds is 5. The van der Waals surface area contributed by atoms with Crippen molar-refractivity contribution in [2.24, 2.45) is 0 Å². The third-order valence-electron chi connectivity index (χ3n) is 3.10. The fraction of sp³-hybridized carbons (Fsp3) is 0.154. The highest BCUT2D eigenvalue weighted by Crippen LogP contribution is 2.32. The van der Waals surface area contributed by atoms with Crippen LogP contribution < -0.4 is 0 Å². The van der Waals surface area contributed by atoms with E-state index in [4.69, 9.17) is 11.6 Å². The highest BCUT2D eigenvalue weighted by atomic mass is 35.5. The highest BCUT2D eigenvalue weighted by Gasteiger charge is 2.28. The van der Waals surface area contributed by atoms with Crippen LogP contribution in [-0.2, 0) is 12.2 Å². The van der Waals surface area contributed by atoms with Crippen molar-refractivity contribution in [1.82, 2.24) is 29.8 Å². The molecule has 1 atom stereocenters. The van der Waals surface area contributed by atoms with Crippen LogP contribution in [0.2, 0.25) is 5.02 Å². The second-order valence-corrected chi connectivity index (χ2v) is 6.06. The number of halogens is 3. The Balaban J connectivity index is 1.96. The summed E-state index contributed by atoms with van der Waals surface area (Å²) in [5.74, 6) is -1.11. The van der Waals surface area contributed by atoms with Crippen LogP contribution in [0.3, 0.4) is 0 Å². The van der Waals surface area contributed by atoms with Gasteiger partial charge in [-0.1, -0.05) is 20.8 Å². The van der Waals surface area contributed by atoms with Gasteiger partial charge >= 0.3 is 11.6 Å². The van der Waals surface area contributed by atoms with Gasteiger partial charge in [0.25, 0.3) is 0 Å². The molecule has 130 valence electrons. The van der Waals surface area contributed by atoms with E-state index in [-0.39, 0.29) is 28.8 Å². The zero-order valence-corrected chi connectivity index (χ0v) is 14.3. The minimum atomic E-state index is -3.20. The molecule has 1 unspecified atom stereocenters. The quantitative estimate of drug-likeness (QED) is 0.675. The minimum absolute atomic E-state index is 0.0987. The summed E-state index contributed by atoms with van der Waals surface area (Å²) in [6.45, 7) is -0.0987. The SMILES string of the molecule is O=C(O)c1cc(Cn2ncc(C(F)(F)P)n2)nn1-c1ncccc1Cl. The lowest BCUT2D eigenvalue weighted by molar-refractivity contribution is 0.0686. The second-order valence-electron chi connectivity index (χ2n) is 4.93. The van der Waals surface area contributed by atoms with E-state index >= 15 is 0 Å². The number of carbonyl (C=O) groups is 1. The molecule has 0 bridgehead atoms. The summed E-state index contributed by atoms with van der Waals surface area (Å²) in [6.07, 6.45) is 2.37. The molecule has 0 amide bonds. The van der Waals surface area contributed by atoms with Crippen molar-refractivity contribution in [3.63, 3.8) is 0 Å². The van der Waals surface area contributed by atoms with E-state index < -0.39 is 17.3 Å². The van der Waals surface area contributed by atoms with Gasteiger partial charge in [-0.25, -0.2) is 14.5 Å². The number of hydrogen-bond donors (Lipinski definition) is 1. The van der Waals surface area contributed by atoms with Crippen molar-refractivity contribution in [3.05, 3.63) is 52.7 Å². The molecule has 0 spiro atoms. The summed E-state index contributed by atoms with van der Waals surface area (Å²) in [5, 5.41) is 21.0. The molecule has 0 saturated carbocycles.